The first kappa shape index (κ1) is 16.9. The van der Waals surface area contributed by atoms with Gasteiger partial charge in [-0.25, -0.2) is 9.18 Å². The highest BCUT2D eigenvalue weighted by Gasteiger charge is 2.19. The Labute approximate surface area is 123 Å². The number of nitrogens with one attached hydrogen (secondary N) is 1. The average molecular weight is 296 g/mol. The first-order valence-electron chi connectivity index (χ1n) is 7.03. The standard InChI is InChI=1S/C15H21FN2O3/c1-3-5-11(14(19)20)10-17-15(21)18(4-2)13-8-6-12(16)7-9-13/h6-9,11H,3-5,10H2,1-2H3,(H,17,21)(H,19,20). The molecule has 0 saturated heterocycles. The van der Waals surface area contributed by atoms with Crippen molar-refractivity contribution in [3.8, 4) is 0 Å². The van der Waals surface area contributed by atoms with Gasteiger partial charge in [-0.2, -0.15) is 0 Å². The van der Waals surface area contributed by atoms with Crippen molar-refractivity contribution in [2.24, 2.45) is 5.92 Å². The summed E-state index contributed by atoms with van der Waals surface area (Å²) < 4.78 is 12.9. The molecule has 0 aromatic heterocycles. The molecule has 1 unspecified atom stereocenters. The van der Waals surface area contributed by atoms with Gasteiger partial charge in [0, 0.05) is 18.8 Å². The molecule has 0 aliphatic carbocycles. The maximum absolute atomic E-state index is 12.9. The Morgan fingerprint density at radius 1 is 1.29 bits per heavy atom. The smallest absolute Gasteiger partial charge is 0.321 e. The highest BCUT2D eigenvalue weighted by Crippen LogP contribution is 2.15. The van der Waals surface area contributed by atoms with Crippen molar-refractivity contribution < 1.29 is 19.1 Å². The van der Waals surface area contributed by atoms with Crippen LogP contribution in [0.2, 0.25) is 0 Å². The Kier molecular flexibility index (Phi) is 6.65. The van der Waals surface area contributed by atoms with Gasteiger partial charge in [0.1, 0.15) is 5.82 Å². The molecule has 0 aliphatic heterocycles. The summed E-state index contributed by atoms with van der Waals surface area (Å²) in [7, 11) is 0. The molecule has 2 N–H and O–H groups in total. The minimum atomic E-state index is -0.915. The fourth-order valence-corrected chi connectivity index (χ4v) is 2.03. The number of amides is 2. The Hall–Kier alpha value is -2.11. The molecule has 6 heteroatoms. The first-order chi connectivity index (χ1) is 9.99. The number of hydrogen-bond donors (Lipinski definition) is 2. The molecule has 0 aliphatic rings. The normalized spacial score (nSPS) is 11.8. The Morgan fingerprint density at radius 2 is 1.90 bits per heavy atom. The molecule has 1 aromatic rings. The molecule has 0 fully saturated rings. The van der Waals surface area contributed by atoms with E-state index in [9.17, 15) is 14.0 Å². The molecule has 0 bridgehead atoms. The fourth-order valence-electron chi connectivity index (χ4n) is 2.03. The lowest BCUT2D eigenvalue weighted by atomic mass is 10.0. The van der Waals surface area contributed by atoms with E-state index in [1.54, 1.807) is 6.92 Å². The molecule has 0 saturated carbocycles. The van der Waals surface area contributed by atoms with Crippen molar-refractivity contribution in [1.82, 2.24) is 5.32 Å². The fraction of sp³-hybridized carbons (Fsp3) is 0.467. The van der Waals surface area contributed by atoms with Gasteiger partial charge in [-0.1, -0.05) is 13.3 Å². The van der Waals surface area contributed by atoms with Crippen LogP contribution in [0.4, 0.5) is 14.9 Å². The van der Waals surface area contributed by atoms with Crippen LogP contribution in [0.5, 0.6) is 0 Å². The number of halogens is 1. The predicted octanol–water partition coefficient (Wildman–Crippen LogP) is 2.86. The number of nitrogens with zero attached hydrogens (tertiary/aromatic N) is 1. The van der Waals surface area contributed by atoms with E-state index < -0.39 is 11.9 Å². The third-order valence-corrected chi connectivity index (χ3v) is 3.19. The maximum Gasteiger partial charge on any atom is 0.321 e. The molecule has 21 heavy (non-hydrogen) atoms. The lowest BCUT2D eigenvalue weighted by molar-refractivity contribution is -0.141. The van der Waals surface area contributed by atoms with Crippen LogP contribution in [0.25, 0.3) is 0 Å². The highest BCUT2D eigenvalue weighted by molar-refractivity contribution is 5.92. The molecule has 0 spiro atoms. The quantitative estimate of drug-likeness (QED) is 0.813. The van der Waals surface area contributed by atoms with E-state index in [-0.39, 0.29) is 18.4 Å². The van der Waals surface area contributed by atoms with Gasteiger partial charge in [-0.3, -0.25) is 9.69 Å². The summed E-state index contributed by atoms with van der Waals surface area (Å²) in [4.78, 5) is 24.6. The summed E-state index contributed by atoms with van der Waals surface area (Å²) in [5, 5.41) is 11.7. The Bertz CT molecular complexity index is 476. The molecule has 0 heterocycles. The van der Waals surface area contributed by atoms with Crippen LogP contribution in [-0.4, -0.2) is 30.2 Å². The van der Waals surface area contributed by atoms with Crippen LogP contribution in [0.15, 0.2) is 24.3 Å². The van der Waals surface area contributed by atoms with Gasteiger partial charge >= 0.3 is 12.0 Å². The zero-order chi connectivity index (χ0) is 15.8. The first-order valence-corrected chi connectivity index (χ1v) is 7.03. The number of aliphatic carboxylic acids is 1. The van der Waals surface area contributed by atoms with E-state index >= 15 is 0 Å². The second kappa shape index (κ2) is 8.24. The number of hydrogen-bond acceptors (Lipinski definition) is 2. The summed E-state index contributed by atoms with van der Waals surface area (Å²) in [5.41, 5.74) is 0.568. The predicted molar refractivity (Wildman–Crippen MR) is 78.9 cm³/mol. The van der Waals surface area contributed by atoms with Gasteiger partial charge in [0.05, 0.1) is 5.92 Å². The third-order valence-electron chi connectivity index (χ3n) is 3.19. The molecule has 1 rings (SSSR count). The number of carbonyl (C=O) groups is 2. The number of carboxylic acids is 1. The summed E-state index contributed by atoms with van der Waals surface area (Å²) in [6.07, 6.45) is 1.25. The van der Waals surface area contributed by atoms with E-state index in [0.29, 0.717) is 18.7 Å². The molecule has 1 atom stereocenters. The number of anilines is 1. The zero-order valence-corrected chi connectivity index (χ0v) is 12.3. The van der Waals surface area contributed by atoms with Gasteiger partial charge in [0.2, 0.25) is 0 Å². The summed E-state index contributed by atoms with van der Waals surface area (Å²) >= 11 is 0. The van der Waals surface area contributed by atoms with E-state index in [0.717, 1.165) is 6.42 Å². The van der Waals surface area contributed by atoms with Gasteiger partial charge in [-0.15, -0.1) is 0 Å². The van der Waals surface area contributed by atoms with Crippen molar-refractivity contribution in [1.29, 1.82) is 0 Å². The highest BCUT2D eigenvalue weighted by atomic mass is 19.1. The monoisotopic (exact) mass is 296 g/mol. The number of carbonyl (C=O) groups excluding carboxylic acids is 1. The molecule has 1 aromatic carbocycles. The Morgan fingerprint density at radius 3 is 2.38 bits per heavy atom. The van der Waals surface area contributed by atoms with Crippen LogP contribution in [-0.2, 0) is 4.79 Å². The van der Waals surface area contributed by atoms with E-state index in [4.69, 9.17) is 5.11 Å². The van der Waals surface area contributed by atoms with Gasteiger partial charge in [0.25, 0.3) is 0 Å². The van der Waals surface area contributed by atoms with Crippen LogP contribution in [0.1, 0.15) is 26.7 Å². The van der Waals surface area contributed by atoms with Crippen molar-refractivity contribution in [3.63, 3.8) is 0 Å². The zero-order valence-electron chi connectivity index (χ0n) is 12.3. The average Bonchev–Trinajstić information content (AvgIpc) is 2.46. The van der Waals surface area contributed by atoms with Crippen LogP contribution < -0.4 is 10.2 Å². The summed E-state index contributed by atoms with van der Waals surface area (Å²) in [5.74, 6) is -1.88. The van der Waals surface area contributed by atoms with Crippen LogP contribution in [0.3, 0.4) is 0 Å². The van der Waals surface area contributed by atoms with Crippen LogP contribution in [0, 0.1) is 11.7 Å². The summed E-state index contributed by atoms with van der Waals surface area (Å²) in [6, 6.07) is 5.20. The van der Waals surface area contributed by atoms with Gasteiger partial charge in [-0.05, 0) is 37.6 Å². The van der Waals surface area contributed by atoms with E-state index in [2.05, 4.69) is 5.32 Å². The minimum Gasteiger partial charge on any atom is -0.481 e. The second-order valence-corrected chi connectivity index (χ2v) is 4.73. The second-order valence-electron chi connectivity index (χ2n) is 4.73. The summed E-state index contributed by atoms with van der Waals surface area (Å²) in [6.45, 7) is 4.18. The molecule has 5 nitrogen and oxygen atoms in total. The van der Waals surface area contributed by atoms with Crippen molar-refractivity contribution >= 4 is 17.7 Å². The lowest BCUT2D eigenvalue weighted by Crippen LogP contribution is -2.43. The third kappa shape index (κ3) is 5.06. The van der Waals surface area contributed by atoms with E-state index in [1.165, 1.54) is 29.2 Å². The topological polar surface area (TPSA) is 69.6 Å². The number of benzene rings is 1. The molecule has 0 radical (unpaired) electrons. The number of rotatable bonds is 7. The lowest BCUT2D eigenvalue weighted by Gasteiger charge is -2.22. The molecular weight excluding hydrogens is 275 g/mol. The van der Waals surface area contributed by atoms with Crippen LogP contribution >= 0.6 is 0 Å². The number of carboxylic acid groups (broad SMARTS) is 1. The SMILES string of the molecule is CCCC(CNC(=O)N(CC)c1ccc(F)cc1)C(=O)O. The minimum absolute atomic E-state index is 0.0830. The number of urea groups is 1. The van der Waals surface area contributed by atoms with E-state index in [1.807, 2.05) is 6.92 Å². The van der Waals surface area contributed by atoms with Gasteiger partial charge < -0.3 is 10.4 Å². The molecular formula is C15H21FN2O3. The van der Waals surface area contributed by atoms with Gasteiger partial charge in [0.15, 0.2) is 0 Å². The molecule has 116 valence electrons. The Balaban J connectivity index is 2.67. The largest absolute Gasteiger partial charge is 0.481 e. The maximum atomic E-state index is 12.9. The molecule has 2 amide bonds. The van der Waals surface area contributed by atoms with Crippen molar-refractivity contribution in [2.75, 3.05) is 18.0 Å². The van der Waals surface area contributed by atoms with Crippen molar-refractivity contribution in [2.45, 2.75) is 26.7 Å². The van der Waals surface area contributed by atoms with Crippen molar-refractivity contribution in [3.05, 3.63) is 30.1 Å².